The number of rotatable bonds is 5. The highest BCUT2D eigenvalue weighted by Gasteiger charge is 2.14. The number of hydrogen-bond acceptors (Lipinski definition) is 3. The average molecular weight is 345 g/mol. The molecule has 2 heterocycles. The van der Waals surface area contributed by atoms with E-state index in [-0.39, 0.29) is 0 Å². The molecule has 0 fully saturated rings. The van der Waals surface area contributed by atoms with Gasteiger partial charge in [-0.05, 0) is 41.4 Å². The van der Waals surface area contributed by atoms with Crippen LogP contribution in [0.3, 0.4) is 0 Å². The highest BCUT2D eigenvalue weighted by Crippen LogP contribution is 2.26. The fourth-order valence-corrected chi connectivity index (χ4v) is 2.63. The summed E-state index contributed by atoms with van der Waals surface area (Å²) < 4.78 is 8.67. The molecule has 0 spiro atoms. The minimum atomic E-state index is 0.372. The van der Waals surface area contributed by atoms with Crippen LogP contribution in [0.5, 0.6) is 5.75 Å². The molecule has 0 amide bonds. The van der Waals surface area contributed by atoms with Crippen LogP contribution in [0.25, 0.3) is 0 Å². The van der Waals surface area contributed by atoms with E-state index < -0.39 is 0 Å². The van der Waals surface area contributed by atoms with E-state index >= 15 is 0 Å². The normalized spacial score (nSPS) is 10.7. The van der Waals surface area contributed by atoms with Crippen LogP contribution in [0.1, 0.15) is 25.2 Å². The number of aryl methyl sites for hydroxylation is 2. The summed E-state index contributed by atoms with van der Waals surface area (Å²) in [5, 5.41) is 4.89. The van der Waals surface area contributed by atoms with Crippen molar-refractivity contribution in [3.63, 3.8) is 0 Å². The third kappa shape index (κ3) is 3.09. The summed E-state index contributed by atoms with van der Waals surface area (Å²) in [6.45, 7) is 5.35. The Labute approximate surface area is 125 Å². The first kappa shape index (κ1) is 14.3. The second-order valence-electron chi connectivity index (χ2n) is 3.96. The molecule has 0 saturated carbocycles. The molecular weight excluding hydrogens is 330 g/mol. The third-order valence-corrected chi connectivity index (χ3v) is 3.98. The zero-order valence-electron chi connectivity index (χ0n) is 10.9. The fourth-order valence-electron chi connectivity index (χ4n) is 1.78. The first-order valence-corrected chi connectivity index (χ1v) is 7.31. The third-order valence-electron chi connectivity index (χ3n) is 2.78. The van der Waals surface area contributed by atoms with Gasteiger partial charge in [-0.15, -0.1) is 0 Å². The first-order valence-electron chi connectivity index (χ1n) is 6.14. The van der Waals surface area contributed by atoms with Gasteiger partial charge in [-0.2, -0.15) is 5.10 Å². The number of pyridine rings is 1. The van der Waals surface area contributed by atoms with E-state index in [1.165, 1.54) is 0 Å². The fraction of sp³-hybridized carbons (Fsp3) is 0.385. The molecule has 102 valence electrons. The molecule has 0 atom stereocenters. The summed E-state index contributed by atoms with van der Waals surface area (Å²) in [4.78, 5) is 3.98. The van der Waals surface area contributed by atoms with Crippen LogP contribution in [-0.4, -0.2) is 14.8 Å². The molecule has 0 unspecified atom stereocenters. The number of ether oxygens (including phenoxy) is 1. The van der Waals surface area contributed by atoms with Crippen LogP contribution in [0.4, 0.5) is 0 Å². The summed E-state index contributed by atoms with van der Waals surface area (Å²) >= 11 is 9.55. The van der Waals surface area contributed by atoms with Crippen molar-refractivity contribution in [3.05, 3.63) is 39.3 Å². The second kappa shape index (κ2) is 6.39. The largest absolute Gasteiger partial charge is 0.484 e. The highest BCUT2D eigenvalue weighted by atomic mass is 79.9. The Morgan fingerprint density at radius 3 is 2.84 bits per heavy atom. The van der Waals surface area contributed by atoms with Crippen LogP contribution in [0.15, 0.2) is 22.8 Å². The standard InChI is InChI=1S/C13H15BrClN3O/c1-3-9-12(14)10(18(4-2)17-9)8-19-11-6-5-7-16-13(11)15/h5-7H,3-4,8H2,1-2H3. The SMILES string of the molecule is CCc1nn(CC)c(COc2cccnc2Cl)c1Br. The van der Waals surface area contributed by atoms with Gasteiger partial charge in [-0.25, -0.2) is 4.98 Å². The lowest BCUT2D eigenvalue weighted by Gasteiger charge is -2.09. The molecule has 0 aliphatic rings. The van der Waals surface area contributed by atoms with E-state index in [0.29, 0.717) is 17.5 Å². The van der Waals surface area contributed by atoms with Gasteiger partial charge in [0.2, 0.25) is 0 Å². The summed E-state index contributed by atoms with van der Waals surface area (Å²) in [5.41, 5.74) is 2.05. The number of halogens is 2. The van der Waals surface area contributed by atoms with E-state index in [1.807, 2.05) is 4.68 Å². The van der Waals surface area contributed by atoms with Gasteiger partial charge in [-0.3, -0.25) is 4.68 Å². The molecular formula is C13H15BrClN3O. The van der Waals surface area contributed by atoms with E-state index in [4.69, 9.17) is 16.3 Å². The Bertz CT molecular complexity index is 571. The maximum atomic E-state index is 5.97. The Morgan fingerprint density at radius 2 is 2.21 bits per heavy atom. The van der Waals surface area contributed by atoms with Crippen molar-refractivity contribution < 1.29 is 4.74 Å². The van der Waals surface area contributed by atoms with Gasteiger partial charge in [0.15, 0.2) is 10.9 Å². The van der Waals surface area contributed by atoms with Gasteiger partial charge < -0.3 is 4.74 Å². The maximum Gasteiger partial charge on any atom is 0.171 e. The Balaban J connectivity index is 2.20. The zero-order valence-corrected chi connectivity index (χ0v) is 13.2. The molecule has 0 radical (unpaired) electrons. The quantitative estimate of drug-likeness (QED) is 0.773. The van der Waals surface area contributed by atoms with Crippen molar-refractivity contribution in [3.8, 4) is 5.75 Å². The predicted octanol–water partition coefficient (Wildman–Crippen LogP) is 3.86. The monoisotopic (exact) mass is 343 g/mol. The van der Waals surface area contributed by atoms with Crippen LogP contribution in [0.2, 0.25) is 5.15 Å². The lowest BCUT2D eigenvalue weighted by molar-refractivity contribution is 0.291. The van der Waals surface area contributed by atoms with E-state index in [1.54, 1.807) is 18.3 Å². The summed E-state index contributed by atoms with van der Waals surface area (Å²) in [7, 11) is 0. The molecule has 2 aromatic rings. The Kier molecular flexibility index (Phi) is 4.82. The van der Waals surface area contributed by atoms with Gasteiger partial charge in [0.1, 0.15) is 6.61 Å². The van der Waals surface area contributed by atoms with Gasteiger partial charge in [0.25, 0.3) is 0 Å². The summed E-state index contributed by atoms with van der Waals surface area (Å²) in [6, 6.07) is 3.60. The smallest absolute Gasteiger partial charge is 0.171 e. The second-order valence-corrected chi connectivity index (χ2v) is 5.11. The molecule has 4 nitrogen and oxygen atoms in total. The molecule has 0 aliphatic carbocycles. The minimum absolute atomic E-state index is 0.372. The Morgan fingerprint density at radius 1 is 1.42 bits per heavy atom. The van der Waals surface area contributed by atoms with E-state index in [2.05, 4.69) is 39.9 Å². The molecule has 0 aliphatic heterocycles. The van der Waals surface area contributed by atoms with Gasteiger partial charge in [0.05, 0.1) is 15.9 Å². The van der Waals surface area contributed by atoms with E-state index in [9.17, 15) is 0 Å². The van der Waals surface area contributed by atoms with Gasteiger partial charge in [-0.1, -0.05) is 18.5 Å². The van der Waals surface area contributed by atoms with Crippen molar-refractivity contribution in [1.29, 1.82) is 0 Å². The van der Waals surface area contributed by atoms with E-state index in [0.717, 1.165) is 28.8 Å². The van der Waals surface area contributed by atoms with Crippen LogP contribution >= 0.6 is 27.5 Å². The lowest BCUT2D eigenvalue weighted by Crippen LogP contribution is -2.07. The van der Waals surface area contributed by atoms with Crippen molar-refractivity contribution >= 4 is 27.5 Å². The molecule has 0 saturated heterocycles. The number of aromatic nitrogens is 3. The predicted molar refractivity (Wildman–Crippen MR) is 78.6 cm³/mol. The van der Waals surface area contributed by atoms with Crippen LogP contribution in [0, 0.1) is 0 Å². The zero-order chi connectivity index (χ0) is 13.8. The van der Waals surface area contributed by atoms with Crippen molar-refractivity contribution in [2.24, 2.45) is 0 Å². The summed E-state index contributed by atoms with van der Waals surface area (Å²) in [6.07, 6.45) is 2.52. The number of hydrogen-bond donors (Lipinski definition) is 0. The lowest BCUT2D eigenvalue weighted by atomic mass is 10.3. The van der Waals surface area contributed by atoms with Crippen LogP contribution in [-0.2, 0) is 19.6 Å². The number of nitrogens with zero attached hydrogens (tertiary/aromatic N) is 3. The minimum Gasteiger partial charge on any atom is -0.484 e. The molecule has 0 aromatic carbocycles. The molecule has 0 bridgehead atoms. The molecule has 19 heavy (non-hydrogen) atoms. The molecule has 2 aromatic heterocycles. The van der Waals surface area contributed by atoms with Gasteiger partial charge >= 0.3 is 0 Å². The van der Waals surface area contributed by atoms with Crippen molar-refractivity contribution in [2.45, 2.75) is 33.4 Å². The molecule has 2 rings (SSSR count). The maximum absolute atomic E-state index is 5.97. The highest BCUT2D eigenvalue weighted by molar-refractivity contribution is 9.10. The average Bonchev–Trinajstić information content (AvgIpc) is 2.74. The van der Waals surface area contributed by atoms with Crippen molar-refractivity contribution in [1.82, 2.24) is 14.8 Å². The van der Waals surface area contributed by atoms with Crippen molar-refractivity contribution in [2.75, 3.05) is 0 Å². The topological polar surface area (TPSA) is 39.9 Å². The Hall–Kier alpha value is -1.07. The van der Waals surface area contributed by atoms with Gasteiger partial charge in [0, 0.05) is 12.7 Å². The summed E-state index contributed by atoms with van der Waals surface area (Å²) in [5.74, 6) is 0.581. The molecule has 0 N–H and O–H groups in total. The molecule has 6 heteroatoms. The van der Waals surface area contributed by atoms with Crippen LogP contribution < -0.4 is 4.74 Å². The first-order chi connectivity index (χ1) is 9.17.